The molecule has 0 spiro atoms. The first-order valence-electron chi connectivity index (χ1n) is 6.04. The number of aromatic amines is 1. The highest BCUT2D eigenvalue weighted by Crippen LogP contribution is 2.22. The fourth-order valence-corrected chi connectivity index (χ4v) is 2.20. The molecule has 5 nitrogen and oxygen atoms in total. The van der Waals surface area contributed by atoms with Crippen molar-refractivity contribution in [3.63, 3.8) is 0 Å². The fraction of sp³-hybridized carbons (Fsp3) is 0.286. The second-order valence-electron chi connectivity index (χ2n) is 4.61. The highest BCUT2D eigenvalue weighted by atomic mass is 16.4. The summed E-state index contributed by atoms with van der Waals surface area (Å²) in [6.07, 6.45) is 2.06. The zero-order valence-corrected chi connectivity index (χ0v) is 10.9. The van der Waals surface area contributed by atoms with E-state index in [-0.39, 0.29) is 12.3 Å². The van der Waals surface area contributed by atoms with E-state index in [1.165, 1.54) is 6.92 Å². The molecule has 3 N–H and O–H groups in total. The Morgan fingerprint density at radius 1 is 1.42 bits per heavy atom. The number of hydrogen-bond acceptors (Lipinski definition) is 2. The molecule has 0 saturated carbocycles. The van der Waals surface area contributed by atoms with Crippen LogP contribution in [0, 0.1) is 6.92 Å². The Morgan fingerprint density at radius 2 is 2.16 bits per heavy atom. The highest BCUT2D eigenvalue weighted by molar-refractivity contribution is 5.87. The lowest BCUT2D eigenvalue weighted by Gasteiger charge is -2.12. The van der Waals surface area contributed by atoms with Gasteiger partial charge in [-0.15, -0.1) is 0 Å². The molecule has 2 aromatic rings. The number of benzene rings is 1. The summed E-state index contributed by atoms with van der Waals surface area (Å²) in [5.74, 6) is -1.37. The largest absolute Gasteiger partial charge is 0.480 e. The number of nitrogens with one attached hydrogen (secondary N) is 2. The number of carbonyl (C=O) groups excluding carboxylic acids is 1. The lowest BCUT2D eigenvalue weighted by Crippen LogP contribution is -2.41. The molecule has 2 rings (SSSR count). The first-order valence-corrected chi connectivity index (χ1v) is 6.04. The van der Waals surface area contributed by atoms with Gasteiger partial charge < -0.3 is 15.4 Å². The predicted molar refractivity (Wildman–Crippen MR) is 72.0 cm³/mol. The third-order valence-corrected chi connectivity index (χ3v) is 3.11. The Bertz CT molecular complexity index is 631. The van der Waals surface area contributed by atoms with Crippen LogP contribution in [0.4, 0.5) is 0 Å². The van der Waals surface area contributed by atoms with Crippen molar-refractivity contribution in [3.8, 4) is 0 Å². The second kappa shape index (κ2) is 5.14. The zero-order valence-electron chi connectivity index (χ0n) is 10.9. The molecule has 1 amide bonds. The van der Waals surface area contributed by atoms with Gasteiger partial charge in [0.1, 0.15) is 6.04 Å². The minimum Gasteiger partial charge on any atom is -0.480 e. The van der Waals surface area contributed by atoms with Gasteiger partial charge in [0.2, 0.25) is 5.91 Å². The molecule has 0 saturated heterocycles. The van der Waals surface area contributed by atoms with E-state index in [2.05, 4.69) is 10.3 Å². The SMILES string of the molecule is CC(=O)N[C@H](Cc1c[nH]c2c(C)cccc12)C(=O)O. The number of H-pyrrole nitrogens is 1. The lowest BCUT2D eigenvalue weighted by molar-refractivity contribution is -0.141. The van der Waals surface area contributed by atoms with Gasteiger partial charge in [-0.25, -0.2) is 4.79 Å². The molecule has 19 heavy (non-hydrogen) atoms. The van der Waals surface area contributed by atoms with Crippen LogP contribution < -0.4 is 5.32 Å². The van der Waals surface area contributed by atoms with Crippen molar-refractivity contribution in [1.82, 2.24) is 10.3 Å². The van der Waals surface area contributed by atoms with Gasteiger partial charge in [0, 0.05) is 30.4 Å². The standard InChI is InChI=1S/C14H16N2O3/c1-8-4-3-5-11-10(7-15-13(8)11)6-12(14(18)19)16-9(2)17/h3-5,7,12,15H,6H2,1-2H3,(H,16,17)(H,18,19)/t12-/m1/s1. The van der Waals surface area contributed by atoms with Crippen molar-refractivity contribution < 1.29 is 14.7 Å². The molecule has 1 aromatic carbocycles. The van der Waals surface area contributed by atoms with Crippen LogP contribution in [0.15, 0.2) is 24.4 Å². The molecule has 0 aliphatic rings. The average Bonchev–Trinajstić information content (AvgIpc) is 2.72. The van der Waals surface area contributed by atoms with E-state index in [9.17, 15) is 9.59 Å². The summed E-state index contributed by atoms with van der Waals surface area (Å²) in [5, 5.41) is 12.6. The first-order chi connectivity index (χ1) is 8.99. The number of carbonyl (C=O) groups is 2. The van der Waals surface area contributed by atoms with Crippen molar-refractivity contribution in [2.75, 3.05) is 0 Å². The van der Waals surface area contributed by atoms with Gasteiger partial charge in [-0.2, -0.15) is 0 Å². The van der Waals surface area contributed by atoms with E-state index in [4.69, 9.17) is 5.11 Å². The van der Waals surface area contributed by atoms with Crippen molar-refractivity contribution in [2.24, 2.45) is 0 Å². The smallest absolute Gasteiger partial charge is 0.326 e. The number of rotatable bonds is 4. The first kappa shape index (κ1) is 13.1. The molecule has 0 radical (unpaired) electrons. The molecule has 1 heterocycles. The van der Waals surface area contributed by atoms with E-state index in [0.29, 0.717) is 0 Å². The summed E-state index contributed by atoms with van der Waals surface area (Å²) in [6.45, 7) is 3.31. The van der Waals surface area contributed by atoms with Crippen molar-refractivity contribution in [1.29, 1.82) is 0 Å². The Kier molecular flexibility index (Phi) is 3.55. The molecule has 1 atom stereocenters. The van der Waals surface area contributed by atoms with Crippen LogP contribution in [0.3, 0.4) is 0 Å². The third-order valence-electron chi connectivity index (χ3n) is 3.11. The van der Waals surface area contributed by atoms with Crippen LogP contribution in [0.2, 0.25) is 0 Å². The lowest BCUT2D eigenvalue weighted by atomic mass is 10.0. The average molecular weight is 260 g/mol. The zero-order chi connectivity index (χ0) is 14.0. The molecule has 0 fully saturated rings. The van der Waals surface area contributed by atoms with Crippen LogP contribution in [0.1, 0.15) is 18.1 Å². The topological polar surface area (TPSA) is 82.2 Å². The Hall–Kier alpha value is -2.30. The predicted octanol–water partition coefficient (Wildman–Crippen LogP) is 1.61. The molecular weight excluding hydrogens is 244 g/mol. The third kappa shape index (κ3) is 2.76. The van der Waals surface area contributed by atoms with Gasteiger partial charge in [-0.1, -0.05) is 18.2 Å². The van der Waals surface area contributed by atoms with E-state index in [1.54, 1.807) is 6.20 Å². The summed E-state index contributed by atoms with van der Waals surface area (Å²) < 4.78 is 0. The van der Waals surface area contributed by atoms with Crippen molar-refractivity contribution in [2.45, 2.75) is 26.3 Å². The molecule has 100 valence electrons. The minimum absolute atomic E-state index is 0.262. The number of carboxylic acids is 1. The molecule has 0 aliphatic carbocycles. The number of carboxylic acid groups (broad SMARTS) is 1. The summed E-state index contributed by atoms with van der Waals surface area (Å²) in [4.78, 5) is 25.3. The fourth-order valence-electron chi connectivity index (χ4n) is 2.20. The van der Waals surface area contributed by atoms with E-state index >= 15 is 0 Å². The molecular formula is C14H16N2O3. The Balaban J connectivity index is 2.31. The number of aromatic nitrogens is 1. The van der Waals surface area contributed by atoms with Crippen LogP contribution in [-0.2, 0) is 16.0 Å². The monoisotopic (exact) mass is 260 g/mol. The summed E-state index contributed by atoms with van der Waals surface area (Å²) >= 11 is 0. The quantitative estimate of drug-likeness (QED) is 0.781. The van der Waals surface area contributed by atoms with E-state index < -0.39 is 12.0 Å². The Morgan fingerprint density at radius 3 is 2.79 bits per heavy atom. The van der Waals surface area contributed by atoms with Crippen LogP contribution >= 0.6 is 0 Å². The number of amides is 1. The van der Waals surface area contributed by atoms with Gasteiger partial charge >= 0.3 is 5.97 Å². The summed E-state index contributed by atoms with van der Waals surface area (Å²) in [6, 6.07) is 4.96. The van der Waals surface area contributed by atoms with Crippen molar-refractivity contribution >= 4 is 22.8 Å². The molecule has 0 unspecified atom stereocenters. The van der Waals surface area contributed by atoms with Gasteiger partial charge in [0.05, 0.1) is 0 Å². The summed E-state index contributed by atoms with van der Waals surface area (Å²) in [7, 11) is 0. The van der Waals surface area contributed by atoms with Gasteiger partial charge in [0.15, 0.2) is 0 Å². The number of aryl methyl sites for hydroxylation is 1. The van der Waals surface area contributed by atoms with Gasteiger partial charge in [0.25, 0.3) is 0 Å². The maximum absolute atomic E-state index is 11.1. The summed E-state index contributed by atoms with van der Waals surface area (Å²) in [5.41, 5.74) is 3.00. The number of aliphatic carboxylic acids is 1. The van der Waals surface area contributed by atoms with Gasteiger partial charge in [-0.3, -0.25) is 4.79 Å². The highest BCUT2D eigenvalue weighted by Gasteiger charge is 2.20. The van der Waals surface area contributed by atoms with Gasteiger partial charge in [-0.05, 0) is 18.1 Å². The second-order valence-corrected chi connectivity index (χ2v) is 4.61. The van der Waals surface area contributed by atoms with E-state index in [0.717, 1.165) is 22.0 Å². The Labute approximate surface area is 110 Å². The molecule has 1 aromatic heterocycles. The van der Waals surface area contributed by atoms with Crippen LogP contribution in [0.5, 0.6) is 0 Å². The minimum atomic E-state index is -1.03. The number of fused-ring (bicyclic) bond motifs is 1. The van der Waals surface area contributed by atoms with Crippen molar-refractivity contribution in [3.05, 3.63) is 35.5 Å². The normalized spacial score (nSPS) is 12.3. The van der Waals surface area contributed by atoms with Crippen LogP contribution in [-0.4, -0.2) is 28.0 Å². The number of para-hydroxylation sites is 1. The number of hydrogen-bond donors (Lipinski definition) is 3. The maximum atomic E-state index is 11.1. The molecule has 0 bridgehead atoms. The molecule has 5 heteroatoms. The molecule has 0 aliphatic heterocycles. The maximum Gasteiger partial charge on any atom is 0.326 e. The van der Waals surface area contributed by atoms with E-state index in [1.807, 2.05) is 25.1 Å². The van der Waals surface area contributed by atoms with Crippen LogP contribution in [0.25, 0.3) is 10.9 Å².